The lowest BCUT2D eigenvalue weighted by molar-refractivity contribution is -0.318. The summed E-state index contributed by atoms with van der Waals surface area (Å²) < 4.78 is 63.7. The summed E-state index contributed by atoms with van der Waals surface area (Å²) >= 11 is 0. The molecule has 0 amide bonds. The number of carbonyl (C=O) groups is 1. The average Bonchev–Trinajstić information content (AvgIpc) is 3.58. The van der Waals surface area contributed by atoms with Crippen molar-refractivity contribution in [3.05, 3.63) is 59.3 Å². The molecule has 1 aliphatic carbocycles. The first-order valence-corrected chi connectivity index (χ1v) is 22.9. The number of carbonyl (C=O) groups excluding carboxylic acids is 1. The fraction of sp³-hybridized carbons (Fsp3) is 0.771. The highest BCUT2D eigenvalue weighted by atomic mass is 16.7. The van der Waals surface area contributed by atoms with Crippen LogP contribution in [-0.4, -0.2) is 139 Å². The van der Waals surface area contributed by atoms with Crippen LogP contribution < -0.4 is 0 Å². The molecule has 7 rings (SSSR count). The number of ether oxygens (including phenoxy) is 10. The lowest BCUT2D eigenvalue weighted by Crippen LogP contribution is -2.58. The molecule has 14 heteroatoms. The Kier molecular flexibility index (Phi) is 15.1. The third-order valence-electron chi connectivity index (χ3n) is 14.5. The van der Waals surface area contributed by atoms with E-state index in [1.807, 2.05) is 32.1 Å². The average molecular weight is 873 g/mol. The Morgan fingerprint density at radius 1 is 0.887 bits per heavy atom. The number of fused-ring (bicyclic) bond motifs is 2. The lowest BCUT2D eigenvalue weighted by atomic mass is 9.71. The van der Waals surface area contributed by atoms with Crippen LogP contribution in [0.4, 0.5) is 0 Å². The van der Waals surface area contributed by atoms with Gasteiger partial charge < -0.3 is 62.7 Å². The number of aliphatic hydroxyl groups is 3. The molecule has 62 heavy (non-hydrogen) atoms. The van der Waals surface area contributed by atoms with E-state index in [1.165, 1.54) is 0 Å². The van der Waals surface area contributed by atoms with E-state index in [2.05, 4.69) is 39.8 Å². The monoisotopic (exact) mass is 872 g/mol. The quantitative estimate of drug-likeness (QED) is 0.210. The van der Waals surface area contributed by atoms with Gasteiger partial charge in [0.2, 0.25) is 0 Å². The van der Waals surface area contributed by atoms with Gasteiger partial charge >= 0.3 is 5.97 Å². The molecule has 1 spiro atoms. The summed E-state index contributed by atoms with van der Waals surface area (Å²) in [6.07, 6.45) is 8.55. The van der Waals surface area contributed by atoms with Gasteiger partial charge in [0.1, 0.15) is 42.0 Å². The van der Waals surface area contributed by atoms with E-state index in [4.69, 9.17) is 47.4 Å². The molecule has 0 unspecified atom stereocenters. The summed E-state index contributed by atoms with van der Waals surface area (Å²) in [5.41, 5.74) is 0.134. The van der Waals surface area contributed by atoms with Crippen LogP contribution in [0.3, 0.4) is 0 Å². The second-order valence-electron chi connectivity index (χ2n) is 19.0. The van der Waals surface area contributed by atoms with E-state index in [9.17, 15) is 20.1 Å². The second-order valence-corrected chi connectivity index (χ2v) is 19.0. The third kappa shape index (κ3) is 9.64. The van der Waals surface area contributed by atoms with Crippen molar-refractivity contribution >= 4 is 5.97 Å². The fourth-order valence-corrected chi connectivity index (χ4v) is 10.6. The molecule has 348 valence electrons. The fourth-order valence-electron chi connectivity index (χ4n) is 10.6. The number of methoxy groups -OCH3 is 2. The first kappa shape index (κ1) is 47.6. The van der Waals surface area contributed by atoms with Gasteiger partial charge in [-0.1, -0.05) is 70.6 Å². The van der Waals surface area contributed by atoms with E-state index in [0.717, 1.165) is 12.0 Å². The van der Waals surface area contributed by atoms with Crippen molar-refractivity contribution in [3.8, 4) is 0 Å². The summed E-state index contributed by atoms with van der Waals surface area (Å²) in [7, 11) is 3.22. The van der Waals surface area contributed by atoms with Gasteiger partial charge in [-0.15, -0.1) is 0 Å². The summed E-state index contributed by atoms with van der Waals surface area (Å²) in [5, 5.41) is 34.2. The maximum absolute atomic E-state index is 14.3. The first-order chi connectivity index (χ1) is 29.5. The predicted molar refractivity (Wildman–Crippen MR) is 227 cm³/mol. The zero-order valence-electron chi connectivity index (χ0n) is 38.2. The van der Waals surface area contributed by atoms with E-state index in [1.54, 1.807) is 40.2 Å². The van der Waals surface area contributed by atoms with Crippen molar-refractivity contribution in [2.24, 2.45) is 23.7 Å². The van der Waals surface area contributed by atoms with Gasteiger partial charge in [-0.2, -0.15) is 0 Å². The molecule has 20 atom stereocenters. The van der Waals surface area contributed by atoms with Crippen molar-refractivity contribution < 1.29 is 67.5 Å². The highest BCUT2D eigenvalue weighted by molar-refractivity contribution is 5.78. The zero-order valence-corrected chi connectivity index (χ0v) is 38.2. The Morgan fingerprint density at radius 2 is 1.60 bits per heavy atom. The summed E-state index contributed by atoms with van der Waals surface area (Å²) in [6, 6.07) is 0. The highest BCUT2D eigenvalue weighted by Gasteiger charge is 2.60. The molecule has 2 bridgehead atoms. The van der Waals surface area contributed by atoms with Gasteiger partial charge in [0, 0.05) is 51.7 Å². The predicted octanol–water partition coefficient (Wildman–Crippen LogP) is 5.38. The normalized spacial score (nSPS) is 49.1. The third-order valence-corrected chi connectivity index (χ3v) is 14.5. The smallest absolute Gasteiger partial charge is 0.316 e. The number of esters is 1. The summed E-state index contributed by atoms with van der Waals surface area (Å²) in [4.78, 5) is 14.3. The lowest BCUT2D eigenvalue weighted by Gasteiger charge is -2.48. The van der Waals surface area contributed by atoms with Gasteiger partial charge in [0.15, 0.2) is 18.4 Å². The van der Waals surface area contributed by atoms with E-state index < -0.39 is 90.8 Å². The molecule has 7 aliphatic rings. The minimum atomic E-state index is -1.84. The van der Waals surface area contributed by atoms with Crippen LogP contribution in [0.5, 0.6) is 0 Å². The van der Waals surface area contributed by atoms with Gasteiger partial charge in [-0.05, 0) is 62.8 Å². The maximum Gasteiger partial charge on any atom is 0.316 e. The SMILES string of the molecule is CC[C@H](C)[C@H]1O[C@]2(C=C[C@@H]1C)C[C@@H]1C[C@@H](C/C=C(\C)[C@@H](O[C@H]3C[C@H](OC)[C@@H](O[C@H]4C[C@H](OC)[C@@H](O)[C@H](C)O4)[C@H](C)O3)[C@@H](C)/C=C/C=C3/CO[C@@H]4[C@H](O)C(C)=C[C@@H](C(=O)O1)[C@]34O)O2. The van der Waals surface area contributed by atoms with Crippen LogP contribution in [-0.2, 0) is 52.2 Å². The Hall–Kier alpha value is -2.31. The topological polar surface area (TPSA) is 170 Å². The van der Waals surface area contributed by atoms with Crippen LogP contribution in [0.25, 0.3) is 0 Å². The summed E-state index contributed by atoms with van der Waals surface area (Å²) in [6.45, 7) is 16.1. The Labute approximate surface area is 367 Å². The number of rotatable bonds is 8. The molecule has 4 fully saturated rings. The molecule has 0 aromatic carbocycles. The minimum absolute atomic E-state index is 0.0317. The van der Waals surface area contributed by atoms with Crippen molar-refractivity contribution in [3.63, 3.8) is 0 Å². The van der Waals surface area contributed by atoms with Crippen molar-refractivity contribution in [2.75, 3.05) is 20.8 Å². The van der Waals surface area contributed by atoms with Gasteiger partial charge in [0.05, 0.1) is 49.3 Å². The van der Waals surface area contributed by atoms with E-state index in [0.29, 0.717) is 43.3 Å². The van der Waals surface area contributed by atoms with Crippen molar-refractivity contribution in [1.29, 1.82) is 0 Å². The standard InChI is InChI=1S/C48H72O14/c1-11-25(2)43-28(5)17-18-47(62-43)23-34-20-33(61-47)16-15-27(4)42(26(3)13-12-14-32-24-55-45-40(49)29(6)19-35(46(51)58-34)48(32,45)52)59-39-22-37(54-10)44(31(8)57-39)60-38-21-36(53-9)41(50)30(7)56-38/h12-15,17-19,25-26,28,30-31,33-45,49-50,52H,11,16,20-24H2,1-10H3/b13-12+,27-15+,32-14-/t25-,26-,28-,30-,31-,33+,34-,35-,36-,37-,38-,39-,40+,41-,42-,43+,44-,45+,47+,48+/m0/s1. The van der Waals surface area contributed by atoms with E-state index in [-0.39, 0.29) is 42.7 Å². The van der Waals surface area contributed by atoms with Gasteiger partial charge in [-0.3, -0.25) is 4.79 Å². The number of aliphatic hydroxyl groups excluding tert-OH is 2. The van der Waals surface area contributed by atoms with Crippen molar-refractivity contribution in [2.45, 2.75) is 191 Å². The highest BCUT2D eigenvalue weighted by Crippen LogP contribution is 2.47. The molecule has 0 saturated carbocycles. The van der Waals surface area contributed by atoms with Gasteiger partial charge in [0.25, 0.3) is 0 Å². The number of allylic oxidation sites excluding steroid dienone is 2. The van der Waals surface area contributed by atoms with Crippen LogP contribution >= 0.6 is 0 Å². The van der Waals surface area contributed by atoms with Crippen LogP contribution in [0.1, 0.15) is 93.9 Å². The molecule has 3 N–H and O–H groups in total. The molecule has 4 saturated heterocycles. The minimum Gasteiger partial charge on any atom is -0.462 e. The van der Waals surface area contributed by atoms with Crippen LogP contribution in [0, 0.1) is 23.7 Å². The Balaban J connectivity index is 1.18. The molecule has 0 radical (unpaired) electrons. The molecule has 6 heterocycles. The van der Waals surface area contributed by atoms with E-state index >= 15 is 0 Å². The molecule has 6 aliphatic heterocycles. The van der Waals surface area contributed by atoms with Crippen molar-refractivity contribution in [1.82, 2.24) is 0 Å². The number of hydrogen-bond acceptors (Lipinski definition) is 14. The molecular weight excluding hydrogens is 801 g/mol. The maximum atomic E-state index is 14.3. The molecular formula is C48H72O14. The largest absolute Gasteiger partial charge is 0.462 e. The van der Waals surface area contributed by atoms with Gasteiger partial charge in [-0.25, -0.2) is 0 Å². The molecule has 0 aromatic heterocycles. The first-order valence-electron chi connectivity index (χ1n) is 22.9. The summed E-state index contributed by atoms with van der Waals surface area (Å²) in [5.74, 6) is -2.56. The zero-order chi connectivity index (χ0) is 44.7. The number of hydrogen-bond donors (Lipinski definition) is 3. The second kappa shape index (κ2) is 19.7. The Bertz CT molecular complexity index is 1730. The molecule has 0 aromatic rings. The molecule has 14 nitrogen and oxygen atoms in total. The van der Waals surface area contributed by atoms with Crippen LogP contribution in [0.2, 0.25) is 0 Å². The van der Waals surface area contributed by atoms with Crippen LogP contribution in [0.15, 0.2) is 59.3 Å². The Morgan fingerprint density at radius 3 is 2.32 bits per heavy atom.